The monoisotopic (exact) mass is 293 g/mol. The summed E-state index contributed by atoms with van der Waals surface area (Å²) in [6.07, 6.45) is 1.54. The number of hydrogen-bond donors (Lipinski definition) is 0. The van der Waals surface area contributed by atoms with Crippen LogP contribution in [-0.2, 0) is 0 Å². The summed E-state index contributed by atoms with van der Waals surface area (Å²) in [5.41, 5.74) is 0.702. The second kappa shape index (κ2) is 4.83. The van der Waals surface area contributed by atoms with Crippen LogP contribution in [0.15, 0.2) is 36.5 Å². The number of hydrogen-bond acceptors (Lipinski definition) is 2. The van der Waals surface area contributed by atoms with Crippen molar-refractivity contribution in [3.05, 3.63) is 54.0 Å². The van der Waals surface area contributed by atoms with Crippen molar-refractivity contribution < 1.29 is 8.78 Å². The summed E-state index contributed by atoms with van der Waals surface area (Å²) in [6.45, 7) is 1.69. The first kappa shape index (κ1) is 13.0. The maximum Gasteiger partial charge on any atom is 0.164 e. The van der Waals surface area contributed by atoms with E-state index in [0.717, 1.165) is 0 Å². The maximum absolute atomic E-state index is 14.0. The topological polar surface area (TPSA) is 30.7 Å². The number of para-hydroxylation sites is 1. The predicted octanol–water partition coefficient (Wildman–Crippen LogP) is 4.00. The minimum Gasteiger partial charge on any atom is -0.274 e. The second-order valence-corrected chi connectivity index (χ2v) is 4.99. The Morgan fingerprint density at radius 1 is 1.15 bits per heavy atom. The highest BCUT2D eigenvalue weighted by atomic mass is 35.5. The van der Waals surface area contributed by atoms with E-state index in [2.05, 4.69) is 9.97 Å². The fourth-order valence-electron chi connectivity index (χ4n) is 2.12. The summed E-state index contributed by atoms with van der Waals surface area (Å²) in [6, 6.07) is 7.12. The standard InChI is InChI=1S/C14H10ClF2N3/c1-8(15)13-19-11-6-3-7-18-14(11)20(13)12-9(16)4-2-5-10(12)17/h2-8H,1H3. The van der Waals surface area contributed by atoms with Gasteiger partial charge in [-0.3, -0.25) is 4.57 Å². The molecule has 0 saturated heterocycles. The minimum absolute atomic E-state index is 0.212. The molecule has 0 radical (unpaired) electrons. The van der Waals surface area contributed by atoms with Gasteiger partial charge in [0.05, 0.1) is 5.38 Å². The third-order valence-corrected chi connectivity index (χ3v) is 3.15. The van der Waals surface area contributed by atoms with Crippen LogP contribution in [0.25, 0.3) is 16.9 Å². The molecule has 0 N–H and O–H groups in total. The Labute approximate surface area is 118 Å². The minimum atomic E-state index is -0.687. The molecule has 20 heavy (non-hydrogen) atoms. The molecule has 0 spiro atoms. The molecule has 1 unspecified atom stereocenters. The van der Waals surface area contributed by atoms with Crippen LogP contribution in [-0.4, -0.2) is 14.5 Å². The van der Waals surface area contributed by atoms with Crippen LogP contribution >= 0.6 is 11.6 Å². The molecule has 102 valence electrons. The van der Waals surface area contributed by atoms with Crippen molar-refractivity contribution in [1.29, 1.82) is 0 Å². The van der Waals surface area contributed by atoms with Gasteiger partial charge in [0.25, 0.3) is 0 Å². The van der Waals surface area contributed by atoms with Crippen LogP contribution in [0.2, 0.25) is 0 Å². The molecule has 0 aliphatic rings. The van der Waals surface area contributed by atoms with Gasteiger partial charge >= 0.3 is 0 Å². The number of alkyl halides is 1. The van der Waals surface area contributed by atoms with Crippen molar-refractivity contribution in [2.45, 2.75) is 12.3 Å². The van der Waals surface area contributed by atoms with Gasteiger partial charge in [0.1, 0.15) is 28.7 Å². The third kappa shape index (κ3) is 1.94. The summed E-state index contributed by atoms with van der Waals surface area (Å²) < 4.78 is 29.4. The van der Waals surface area contributed by atoms with Gasteiger partial charge in [-0.2, -0.15) is 0 Å². The van der Waals surface area contributed by atoms with Crippen LogP contribution < -0.4 is 0 Å². The van der Waals surface area contributed by atoms with Gasteiger partial charge in [0.2, 0.25) is 0 Å². The number of fused-ring (bicyclic) bond motifs is 1. The largest absolute Gasteiger partial charge is 0.274 e. The molecule has 3 nitrogen and oxygen atoms in total. The number of rotatable bonds is 2. The quantitative estimate of drug-likeness (QED) is 0.669. The lowest BCUT2D eigenvalue weighted by atomic mass is 10.2. The molecule has 6 heteroatoms. The number of halogens is 3. The average molecular weight is 294 g/mol. The van der Waals surface area contributed by atoms with Crippen molar-refractivity contribution >= 4 is 22.8 Å². The van der Waals surface area contributed by atoms with E-state index < -0.39 is 17.0 Å². The lowest BCUT2D eigenvalue weighted by Crippen LogP contribution is -2.07. The lowest BCUT2D eigenvalue weighted by Gasteiger charge is -2.11. The van der Waals surface area contributed by atoms with Crippen LogP contribution in [0.1, 0.15) is 18.1 Å². The first-order valence-corrected chi connectivity index (χ1v) is 6.45. The van der Waals surface area contributed by atoms with E-state index >= 15 is 0 Å². The number of nitrogens with zero attached hydrogens (tertiary/aromatic N) is 3. The fraction of sp³-hybridized carbons (Fsp3) is 0.143. The van der Waals surface area contributed by atoms with Gasteiger partial charge in [0, 0.05) is 6.20 Å². The second-order valence-electron chi connectivity index (χ2n) is 4.34. The van der Waals surface area contributed by atoms with Gasteiger partial charge < -0.3 is 0 Å². The predicted molar refractivity (Wildman–Crippen MR) is 73.0 cm³/mol. The molecule has 1 aromatic carbocycles. The Morgan fingerprint density at radius 2 is 1.85 bits per heavy atom. The van der Waals surface area contributed by atoms with Gasteiger partial charge in [-0.1, -0.05) is 6.07 Å². The molecule has 2 aromatic heterocycles. The lowest BCUT2D eigenvalue weighted by molar-refractivity contribution is 0.567. The zero-order chi connectivity index (χ0) is 14.3. The van der Waals surface area contributed by atoms with Crippen LogP contribution in [0.4, 0.5) is 8.78 Å². The van der Waals surface area contributed by atoms with Crippen LogP contribution in [0, 0.1) is 11.6 Å². The number of aromatic nitrogens is 3. The molecule has 2 heterocycles. The Bertz CT molecular complexity index is 763. The molecule has 0 amide bonds. The average Bonchev–Trinajstić information content (AvgIpc) is 2.78. The normalized spacial score (nSPS) is 12.8. The highest BCUT2D eigenvalue weighted by molar-refractivity contribution is 6.20. The van der Waals surface area contributed by atoms with Crippen molar-refractivity contribution in [3.8, 4) is 5.69 Å². The van der Waals surface area contributed by atoms with Gasteiger partial charge in [-0.05, 0) is 31.2 Å². The Morgan fingerprint density at radius 3 is 2.50 bits per heavy atom. The number of benzene rings is 1. The Hall–Kier alpha value is -2.01. The zero-order valence-electron chi connectivity index (χ0n) is 10.5. The van der Waals surface area contributed by atoms with E-state index in [-0.39, 0.29) is 5.69 Å². The molecule has 0 aliphatic carbocycles. The van der Waals surface area contributed by atoms with Gasteiger partial charge in [0.15, 0.2) is 5.65 Å². The molecule has 0 bridgehead atoms. The molecule has 3 aromatic rings. The molecular formula is C14H10ClF2N3. The molecule has 0 aliphatic heterocycles. The summed E-state index contributed by atoms with van der Waals surface area (Å²) in [5.74, 6) is -1.02. The summed E-state index contributed by atoms with van der Waals surface area (Å²) in [5, 5.41) is -0.511. The molecule has 0 saturated carbocycles. The molecule has 3 rings (SSSR count). The Balaban J connectivity index is 2.43. The van der Waals surface area contributed by atoms with Crippen molar-refractivity contribution in [1.82, 2.24) is 14.5 Å². The zero-order valence-corrected chi connectivity index (χ0v) is 11.3. The van der Waals surface area contributed by atoms with E-state index in [4.69, 9.17) is 11.6 Å². The van der Waals surface area contributed by atoms with E-state index in [1.165, 1.54) is 22.8 Å². The van der Waals surface area contributed by atoms with E-state index in [9.17, 15) is 8.78 Å². The van der Waals surface area contributed by atoms with Crippen LogP contribution in [0.5, 0.6) is 0 Å². The smallest absolute Gasteiger partial charge is 0.164 e. The first-order valence-electron chi connectivity index (χ1n) is 6.01. The SMILES string of the molecule is CC(Cl)c1nc2cccnc2n1-c1c(F)cccc1F. The summed E-state index contributed by atoms with van der Waals surface area (Å²) in [4.78, 5) is 8.46. The number of imidazole rings is 1. The van der Waals surface area contributed by atoms with E-state index in [1.54, 1.807) is 25.3 Å². The van der Waals surface area contributed by atoms with Crippen molar-refractivity contribution in [3.63, 3.8) is 0 Å². The number of pyridine rings is 1. The van der Waals surface area contributed by atoms with Crippen LogP contribution in [0.3, 0.4) is 0 Å². The third-order valence-electron chi connectivity index (χ3n) is 2.96. The maximum atomic E-state index is 14.0. The molecular weight excluding hydrogens is 284 g/mol. The Kier molecular flexibility index (Phi) is 3.14. The van der Waals surface area contributed by atoms with Crippen molar-refractivity contribution in [2.75, 3.05) is 0 Å². The summed E-state index contributed by atoms with van der Waals surface area (Å²) >= 11 is 6.08. The molecule has 0 fully saturated rings. The fourth-order valence-corrected chi connectivity index (χ4v) is 2.27. The van der Waals surface area contributed by atoms with Gasteiger partial charge in [-0.15, -0.1) is 11.6 Å². The highest BCUT2D eigenvalue weighted by Crippen LogP contribution is 2.29. The van der Waals surface area contributed by atoms with E-state index in [1.807, 2.05) is 0 Å². The van der Waals surface area contributed by atoms with E-state index in [0.29, 0.717) is 17.0 Å². The first-order chi connectivity index (χ1) is 9.59. The highest BCUT2D eigenvalue weighted by Gasteiger charge is 2.21. The van der Waals surface area contributed by atoms with Gasteiger partial charge in [-0.25, -0.2) is 18.7 Å². The van der Waals surface area contributed by atoms with Crippen molar-refractivity contribution in [2.24, 2.45) is 0 Å². The summed E-state index contributed by atoms with van der Waals surface area (Å²) in [7, 11) is 0. The molecule has 1 atom stereocenters.